The molecule has 3 nitrogen and oxygen atoms in total. The maximum absolute atomic E-state index is 11.7. The van der Waals surface area contributed by atoms with Gasteiger partial charge in [0.1, 0.15) is 5.58 Å². The van der Waals surface area contributed by atoms with E-state index < -0.39 is 0 Å². The molecule has 1 aliphatic rings. The normalized spacial score (nSPS) is 15.1. The van der Waals surface area contributed by atoms with Gasteiger partial charge < -0.3 is 4.42 Å². The van der Waals surface area contributed by atoms with E-state index in [1.807, 2.05) is 12.1 Å². The third-order valence-corrected chi connectivity index (χ3v) is 3.02. The second kappa shape index (κ2) is 3.30. The van der Waals surface area contributed by atoms with E-state index in [-0.39, 0.29) is 11.4 Å². The average molecular weight is 214 g/mol. The van der Waals surface area contributed by atoms with E-state index in [9.17, 15) is 9.59 Å². The highest BCUT2D eigenvalue weighted by molar-refractivity contribution is 6.02. The van der Waals surface area contributed by atoms with Gasteiger partial charge in [0.2, 0.25) is 0 Å². The Morgan fingerprint density at radius 2 is 1.81 bits per heavy atom. The van der Waals surface area contributed by atoms with Gasteiger partial charge in [0, 0.05) is 29.0 Å². The van der Waals surface area contributed by atoms with Crippen molar-refractivity contribution >= 4 is 16.8 Å². The molecule has 0 atom stereocenters. The minimum absolute atomic E-state index is 0.148. The summed E-state index contributed by atoms with van der Waals surface area (Å²) in [7, 11) is 0. The molecule has 1 aromatic carbocycles. The summed E-state index contributed by atoms with van der Waals surface area (Å²) in [5.74, 6) is 0.148. The van der Waals surface area contributed by atoms with Crippen LogP contribution in [-0.4, -0.2) is 5.78 Å². The first-order valence-corrected chi connectivity index (χ1v) is 5.34. The predicted octanol–water partition coefficient (Wildman–Crippen LogP) is 2.31. The molecule has 0 spiro atoms. The molecule has 0 fully saturated rings. The number of carbonyl (C=O) groups excluding carboxylic acids is 1. The molecule has 0 amide bonds. The van der Waals surface area contributed by atoms with Crippen LogP contribution in [0.3, 0.4) is 0 Å². The number of aryl methyl sites for hydroxylation is 1. The monoisotopic (exact) mass is 214 g/mol. The zero-order chi connectivity index (χ0) is 11.1. The molecule has 1 aliphatic carbocycles. The van der Waals surface area contributed by atoms with Crippen LogP contribution in [0.1, 0.15) is 28.8 Å². The van der Waals surface area contributed by atoms with Crippen LogP contribution in [0.2, 0.25) is 0 Å². The number of hydrogen-bond donors (Lipinski definition) is 0. The Balaban J connectivity index is 2.42. The number of rotatable bonds is 0. The summed E-state index contributed by atoms with van der Waals surface area (Å²) in [4.78, 5) is 22.9. The summed E-state index contributed by atoms with van der Waals surface area (Å²) in [6.07, 6.45) is 2.24. The van der Waals surface area contributed by atoms with E-state index in [0.29, 0.717) is 17.6 Å². The Morgan fingerprint density at radius 3 is 2.69 bits per heavy atom. The Labute approximate surface area is 91.7 Å². The number of hydrogen-bond acceptors (Lipinski definition) is 3. The fourth-order valence-electron chi connectivity index (χ4n) is 2.26. The van der Waals surface area contributed by atoms with Crippen LogP contribution in [0.5, 0.6) is 0 Å². The van der Waals surface area contributed by atoms with E-state index >= 15 is 0 Å². The fourth-order valence-corrected chi connectivity index (χ4v) is 2.26. The first-order chi connectivity index (χ1) is 7.75. The molecule has 3 heteroatoms. The van der Waals surface area contributed by atoms with Crippen LogP contribution in [-0.2, 0) is 6.42 Å². The first kappa shape index (κ1) is 9.33. The van der Waals surface area contributed by atoms with Crippen LogP contribution in [0.4, 0.5) is 0 Å². The van der Waals surface area contributed by atoms with Gasteiger partial charge in [-0.2, -0.15) is 0 Å². The largest absolute Gasteiger partial charge is 0.422 e. The Kier molecular flexibility index (Phi) is 1.93. The lowest BCUT2D eigenvalue weighted by atomic mass is 9.89. The molecular formula is C13H10O3. The molecule has 0 saturated heterocycles. The van der Waals surface area contributed by atoms with E-state index in [0.717, 1.165) is 23.8 Å². The van der Waals surface area contributed by atoms with Crippen molar-refractivity contribution in [2.45, 2.75) is 19.3 Å². The molecule has 0 radical (unpaired) electrons. The molecule has 1 aromatic heterocycles. The van der Waals surface area contributed by atoms with Crippen molar-refractivity contribution in [3.63, 3.8) is 0 Å². The van der Waals surface area contributed by atoms with E-state index in [2.05, 4.69) is 0 Å². The quantitative estimate of drug-likeness (QED) is 0.632. The lowest BCUT2D eigenvalue weighted by Gasteiger charge is -2.15. The third-order valence-electron chi connectivity index (χ3n) is 3.02. The highest BCUT2D eigenvalue weighted by Gasteiger charge is 2.20. The minimum Gasteiger partial charge on any atom is -0.422 e. The molecule has 2 aromatic rings. The summed E-state index contributed by atoms with van der Waals surface area (Å²) < 4.78 is 5.20. The van der Waals surface area contributed by atoms with Crippen molar-refractivity contribution in [2.75, 3.05) is 0 Å². The molecule has 1 heterocycles. The van der Waals surface area contributed by atoms with Gasteiger partial charge in [-0.1, -0.05) is 12.1 Å². The SMILES string of the molecule is O=C1CCCc2c1ccc1ccc(=O)oc21. The number of ketones is 1. The minimum atomic E-state index is -0.362. The smallest absolute Gasteiger partial charge is 0.336 e. The van der Waals surface area contributed by atoms with Crippen LogP contribution in [0.25, 0.3) is 11.0 Å². The molecule has 80 valence electrons. The zero-order valence-electron chi connectivity index (χ0n) is 8.66. The van der Waals surface area contributed by atoms with Gasteiger partial charge in [-0.15, -0.1) is 0 Å². The highest BCUT2D eigenvalue weighted by Crippen LogP contribution is 2.27. The maximum atomic E-state index is 11.7. The summed E-state index contributed by atoms with van der Waals surface area (Å²) in [6, 6.07) is 6.80. The zero-order valence-corrected chi connectivity index (χ0v) is 8.66. The molecule has 16 heavy (non-hydrogen) atoms. The van der Waals surface area contributed by atoms with Gasteiger partial charge in [-0.3, -0.25) is 4.79 Å². The molecule has 0 N–H and O–H groups in total. The van der Waals surface area contributed by atoms with E-state index in [4.69, 9.17) is 4.42 Å². The summed E-state index contributed by atoms with van der Waals surface area (Å²) in [5, 5.41) is 0.882. The van der Waals surface area contributed by atoms with Crippen LogP contribution < -0.4 is 5.63 Å². The van der Waals surface area contributed by atoms with Gasteiger partial charge >= 0.3 is 5.63 Å². The van der Waals surface area contributed by atoms with Crippen LogP contribution >= 0.6 is 0 Å². The Bertz CT molecular complexity index is 637. The van der Waals surface area contributed by atoms with Gasteiger partial charge in [-0.25, -0.2) is 4.79 Å². The van der Waals surface area contributed by atoms with Crippen molar-refractivity contribution < 1.29 is 9.21 Å². The number of carbonyl (C=O) groups is 1. The maximum Gasteiger partial charge on any atom is 0.336 e. The standard InChI is InChI=1S/C13H10O3/c14-11-3-1-2-10-9(11)6-4-8-5-7-12(15)16-13(8)10/h4-7H,1-3H2. The van der Waals surface area contributed by atoms with Crippen molar-refractivity contribution in [3.8, 4) is 0 Å². The number of fused-ring (bicyclic) bond motifs is 3. The number of benzene rings is 1. The fraction of sp³-hybridized carbons (Fsp3) is 0.231. The van der Waals surface area contributed by atoms with Crippen LogP contribution in [0, 0.1) is 0 Å². The van der Waals surface area contributed by atoms with E-state index in [1.165, 1.54) is 6.07 Å². The van der Waals surface area contributed by atoms with Crippen molar-refractivity contribution in [3.05, 3.63) is 45.8 Å². The predicted molar refractivity (Wildman–Crippen MR) is 59.8 cm³/mol. The average Bonchev–Trinajstić information content (AvgIpc) is 2.29. The first-order valence-electron chi connectivity index (χ1n) is 5.34. The van der Waals surface area contributed by atoms with Crippen molar-refractivity contribution in [1.29, 1.82) is 0 Å². The van der Waals surface area contributed by atoms with Crippen molar-refractivity contribution in [2.24, 2.45) is 0 Å². The summed E-state index contributed by atoms with van der Waals surface area (Å²) in [5.41, 5.74) is 1.83. The lowest BCUT2D eigenvalue weighted by Crippen LogP contribution is -2.11. The molecule has 3 rings (SSSR count). The molecule has 0 bridgehead atoms. The molecule has 0 unspecified atom stereocenters. The molecular weight excluding hydrogens is 204 g/mol. The van der Waals surface area contributed by atoms with Gasteiger partial charge in [-0.05, 0) is 18.9 Å². The van der Waals surface area contributed by atoms with Crippen LogP contribution in [0.15, 0.2) is 33.5 Å². The lowest BCUT2D eigenvalue weighted by molar-refractivity contribution is 0.0972. The van der Waals surface area contributed by atoms with Gasteiger partial charge in [0.15, 0.2) is 5.78 Å². The van der Waals surface area contributed by atoms with Crippen molar-refractivity contribution in [1.82, 2.24) is 0 Å². The summed E-state index contributed by atoms with van der Waals surface area (Å²) in [6.45, 7) is 0. The number of Topliss-reactive ketones (excluding diaryl/α,β-unsaturated/α-hetero) is 1. The third kappa shape index (κ3) is 1.28. The highest BCUT2D eigenvalue weighted by atomic mass is 16.4. The second-order valence-corrected chi connectivity index (χ2v) is 4.04. The Morgan fingerprint density at radius 1 is 1.00 bits per heavy atom. The summed E-state index contributed by atoms with van der Waals surface area (Å²) >= 11 is 0. The topological polar surface area (TPSA) is 47.3 Å². The molecule has 0 saturated carbocycles. The van der Waals surface area contributed by atoms with Gasteiger partial charge in [0.05, 0.1) is 0 Å². The second-order valence-electron chi connectivity index (χ2n) is 4.04. The van der Waals surface area contributed by atoms with E-state index in [1.54, 1.807) is 6.07 Å². The molecule has 0 aliphatic heterocycles. The Hall–Kier alpha value is -1.90. The van der Waals surface area contributed by atoms with Gasteiger partial charge in [0.25, 0.3) is 0 Å².